The summed E-state index contributed by atoms with van der Waals surface area (Å²) in [5.41, 5.74) is 0.628. The number of anilines is 1. The smallest absolute Gasteiger partial charge is 0.242 e. The summed E-state index contributed by atoms with van der Waals surface area (Å²) in [5.74, 6) is -0.472. The van der Waals surface area contributed by atoms with Crippen LogP contribution < -0.4 is 5.32 Å². The van der Waals surface area contributed by atoms with E-state index in [1.807, 2.05) is 0 Å². The molecule has 1 saturated heterocycles. The van der Waals surface area contributed by atoms with Crippen molar-refractivity contribution in [2.75, 3.05) is 38.2 Å². The number of amides is 1. The van der Waals surface area contributed by atoms with Crippen LogP contribution in [0.25, 0.3) is 0 Å². The number of rotatable bonds is 3. The maximum atomic E-state index is 12.9. The van der Waals surface area contributed by atoms with Crippen molar-refractivity contribution in [1.29, 1.82) is 0 Å². The minimum atomic E-state index is -0.471. The average molecular weight is 273 g/mol. The predicted molar refractivity (Wildman–Crippen MR) is 67.3 cm³/mol. The van der Waals surface area contributed by atoms with E-state index in [2.05, 4.69) is 5.32 Å². The lowest BCUT2D eigenvalue weighted by Gasteiger charge is -2.27. The first-order chi connectivity index (χ1) is 8.66. The van der Waals surface area contributed by atoms with E-state index in [0.717, 1.165) is 0 Å². The highest BCUT2D eigenvalue weighted by molar-refractivity contribution is 6.31. The molecule has 1 aromatic rings. The van der Waals surface area contributed by atoms with Crippen molar-refractivity contribution in [3.63, 3.8) is 0 Å². The van der Waals surface area contributed by atoms with E-state index in [1.54, 1.807) is 11.0 Å². The molecule has 18 heavy (non-hydrogen) atoms. The summed E-state index contributed by atoms with van der Waals surface area (Å²) in [5, 5.41) is 2.97. The van der Waals surface area contributed by atoms with E-state index in [0.29, 0.717) is 32.0 Å². The van der Waals surface area contributed by atoms with Crippen molar-refractivity contribution in [3.05, 3.63) is 29.0 Å². The van der Waals surface area contributed by atoms with Crippen LogP contribution in [-0.2, 0) is 9.53 Å². The highest BCUT2D eigenvalue weighted by Gasteiger charge is 2.16. The Morgan fingerprint density at radius 1 is 1.44 bits per heavy atom. The molecule has 2 rings (SSSR count). The fourth-order valence-corrected chi connectivity index (χ4v) is 1.89. The van der Waals surface area contributed by atoms with E-state index >= 15 is 0 Å². The van der Waals surface area contributed by atoms with Crippen LogP contribution in [0, 0.1) is 5.82 Å². The van der Waals surface area contributed by atoms with Crippen molar-refractivity contribution in [2.24, 2.45) is 0 Å². The summed E-state index contributed by atoms with van der Waals surface area (Å²) in [4.78, 5) is 13.6. The van der Waals surface area contributed by atoms with Crippen LogP contribution in [-0.4, -0.2) is 43.7 Å². The third kappa shape index (κ3) is 3.34. The molecule has 1 amide bonds. The molecule has 0 bridgehead atoms. The summed E-state index contributed by atoms with van der Waals surface area (Å²) >= 11 is 5.65. The molecule has 1 fully saturated rings. The molecule has 0 unspecified atom stereocenters. The average Bonchev–Trinajstić information content (AvgIpc) is 2.41. The molecule has 1 aliphatic rings. The molecule has 1 aliphatic heterocycles. The van der Waals surface area contributed by atoms with Gasteiger partial charge in [-0.15, -0.1) is 0 Å². The zero-order valence-electron chi connectivity index (χ0n) is 9.79. The lowest BCUT2D eigenvalue weighted by Crippen LogP contribution is -2.43. The van der Waals surface area contributed by atoms with Crippen molar-refractivity contribution in [3.8, 4) is 0 Å². The van der Waals surface area contributed by atoms with Crippen LogP contribution in [0.15, 0.2) is 18.2 Å². The molecule has 4 nitrogen and oxygen atoms in total. The summed E-state index contributed by atoms with van der Waals surface area (Å²) in [6, 6.07) is 4.28. The number of nitrogens with one attached hydrogen (secondary N) is 1. The largest absolute Gasteiger partial charge is 0.378 e. The van der Waals surface area contributed by atoms with Crippen LogP contribution in [0.1, 0.15) is 0 Å². The van der Waals surface area contributed by atoms with Gasteiger partial charge in [0.2, 0.25) is 5.91 Å². The Hall–Kier alpha value is -1.33. The highest BCUT2D eigenvalue weighted by atomic mass is 35.5. The zero-order chi connectivity index (χ0) is 13.0. The normalized spacial score (nSPS) is 15.6. The zero-order valence-corrected chi connectivity index (χ0v) is 10.5. The quantitative estimate of drug-likeness (QED) is 0.911. The van der Waals surface area contributed by atoms with Gasteiger partial charge in [0.05, 0.1) is 24.8 Å². The number of morpholine rings is 1. The second-order valence-electron chi connectivity index (χ2n) is 3.98. The van der Waals surface area contributed by atoms with E-state index in [4.69, 9.17) is 16.3 Å². The Labute approximate surface area is 110 Å². The predicted octanol–water partition coefficient (Wildman–Crippen LogP) is 1.75. The number of nitrogens with zero attached hydrogens (tertiary/aromatic N) is 1. The fourth-order valence-electron chi connectivity index (χ4n) is 1.71. The number of benzene rings is 1. The number of hydrogen-bond donors (Lipinski definition) is 1. The van der Waals surface area contributed by atoms with Crippen LogP contribution in [0.3, 0.4) is 0 Å². The Balaban J connectivity index is 1.86. The van der Waals surface area contributed by atoms with Gasteiger partial charge in [0, 0.05) is 18.8 Å². The molecule has 1 aromatic carbocycles. The van der Waals surface area contributed by atoms with Gasteiger partial charge in [-0.05, 0) is 18.2 Å². The Bertz CT molecular complexity index is 436. The number of halogens is 2. The minimum Gasteiger partial charge on any atom is -0.378 e. The third-order valence-electron chi connectivity index (χ3n) is 2.73. The Kier molecular flexibility index (Phi) is 4.38. The molecule has 0 saturated carbocycles. The van der Waals surface area contributed by atoms with E-state index in [1.165, 1.54) is 12.1 Å². The lowest BCUT2D eigenvalue weighted by molar-refractivity contribution is -0.133. The van der Waals surface area contributed by atoms with Crippen molar-refractivity contribution in [2.45, 2.75) is 0 Å². The highest BCUT2D eigenvalue weighted by Crippen LogP contribution is 2.19. The molecule has 6 heteroatoms. The van der Waals surface area contributed by atoms with Gasteiger partial charge >= 0.3 is 0 Å². The topological polar surface area (TPSA) is 41.6 Å². The standard InChI is InChI=1S/C12H14ClFN2O2/c13-10-7-9(1-2-11(10)14)15-8-12(17)16-3-5-18-6-4-16/h1-2,7,15H,3-6,8H2. The van der Waals surface area contributed by atoms with E-state index in [9.17, 15) is 9.18 Å². The monoisotopic (exact) mass is 272 g/mol. The first kappa shape index (κ1) is 13.1. The molecular weight excluding hydrogens is 259 g/mol. The third-order valence-corrected chi connectivity index (χ3v) is 3.02. The molecule has 0 radical (unpaired) electrons. The summed E-state index contributed by atoms with van der Waals surface area (Å²) in [6.07, 6.45) is 0. The van der Waals surface area contributed by atoms with Gasteiger partial charge in [0.25, 0.3) is 0 Å². The lowest BCUT2D eigenvalue weighted by atomic mass is 10.3. The molecule has 0 spiro atoms. The van der Waals surface area contributed by atoms with E-state index in [-0.39, 0.29) is 17.5 Å². The number of carbonyl (C=O) groups is 1. The van der Waals surface area contributed by atoms with Gasteiger partial charge in [-0.1, -0.05) is 11.6 Å². The maximum absolute atomic E-state index is 12.9. The summed E-state index contributed by atoms with van der Waals surface area (Å²) in [6.45, 7) is 2.56. The second-order valence-corrected chi connectivity index (χ2v) is 4.38. The molecule has 0 atom stereocenters. The SMILES string of the molecule is O=C(CNc1ccc(F)c(Cl)c1)N1CCOCC1. The molecule has 0 aromatic heterocycles. The van der Waals surface area contributed by atoms with Crippen LogP contribution >= 0.6 is 11.6 Å². The first-order valence-corrected chi connectivity index (χ1v) is 6.09. The Morgan fingerprint density at radius 3 is 2.83 bits per heavy atom. The molecule has 1 N–H and O–H groups in total. The van der Waals surface area contributed by atoms with Crippen molar-refractivity contribution >= 4 is 23.2 Å². The molecule has 98 valence electrons. The van der Waals surface area contributed by atoms with Gasteiger partial charge in [0.15, 0.2) is 0 Å². The number of hydrogen-bond acceptors (Lipinski definition) is 3. The van der Waals surface area contributed by atoms with Crippen molar-refractivity contribution in [1.82, 2.24) is 4.90 Å². The summed E-state index contributed by atoms with van der Waals surface area (Å²) < 4.78 is 18.1. The molecule has 1 heterocycles. The maximum Gasteiger partial charge on any atom is 0.242 e. The van der Waals surface area contributed by atoms with Gasteiger partial charge in [-0.2, -0.15) is 0 Å². The van der Waals surface area contributed by atoms with Gasteiger partial charge in [-0.25, -0.2) is 4.39 Å². The summed E-state index contributed by atoms with van der Waals surface area (Å²) in [7, 11) is 0. The minimum absolute atomic E-state index is 0.00116. The van der Waals surface area contributed by atoms with Crippen LogP contribution in [0.4, 0.5) is 10.1 Å². The molecular formula is C12H14ClFN2O2. The van der Waals surface area contributed by atoms with Crippen LogP contribution in [0.2, 0.25) is 5.02 Å². The van der Waals surface area contributed by atoms with Gasteiger partial charge < -0.3 is 15.0 Å². The van der Waals surface area contributed by atoms with Crippen LogP contribution in [0.5, 0.6) is 0 Å². The second kappa shape index (κ2) is 6.02. The molecule has 0 aliphatic carbocycles. The van der Waals surface area contributed by atoms with Crippen molar-refractivity contribution < 1.29 is 13.9 Å². The Morgan fingerprint density at radius 2 is 2.17 bits per heavy atom. The number of carbonyl (C=O) groups excluding carboxylic acids is 1. The van der Waals surface area contributed by atoms with Gasteiger partial charge in [-0.3, -0.25) is 4.79 Å². The van der Waals surface area contributed by atoms with E-state index < -0.39 is 5.82 Å². The first-order valence-electron chi connectivity index (χ1n) is 5.71. The number of ether oxygens (including phenoxy) is 1. The fraction of sp³-hybridized carbons (Fsp3) is 0.417. The van der Waals surface area contributed by atoms with Gasteiger partial charge in [0.1, 0.15) is 5.82 Å².